The molecule has 0 aliphatic carbocycles. The SMILES string of the molecule is CC(C)(C)OC(=O)NCCC(=O)N1CCN(C(=O)CN2C(=O)c3ccccc3C2=O)CC1. The normalized spacial score (nSPS) is 16.2. The van der Waals surface area contributed by atoms with Gasteiger partial charge in [-0.2, -0.15) is 0 Å². The average Bonchev–Trinajstić information content (AvgIpc) is 2.97. The van der Waals surface area contributed by atoms with Crippen molar-refractivity contribution in [3.8, 4) is 0 Å². The number of nitrogens with zero attached hydrogens (tertiary/aromatic N) is 3. The Hall–Kier alpha value is -3.43. The topological polar surface area (TPSA) is 116 Å². The molecule has 1 fully saturated rings. The van der Waals surface area contributed by atoms with Crippen LogP contribution < -0.4 is 5.32 Å². The number of alkyl carbamates (subject to hydrolysis) is 1. The summed E-state index contributed by atoms with van der Waals surface area (Å²) in [4.78, 5) is 65.7. The van der Waals surface area contributed by atoms with Crippen molar-refractivity contribution in [3.05, 3.63) is 35.4 Å². The lowest BCUT2D eigenvalue weighted by molar-refractivity contribution is -0.139. The number of ether oxygens (including phenoxy) is 1. The summed E-state index contributed by atoms with van der Waals surface area (Å²) in [6.45, 7) is 6.43. The van der Waals surface area contributed by atoms with Gasteiger partial charge in [-0.1, -0.05) is 12.1 Å². The first kappa shape index (κ1) is 23.2. The van der Waals surface area contributed by atoms with Gasteiger partial charge < -0.3 is 19.9 Å². The second-order valence-corrected chi connectivity index (χ2v) is 8.68. The van der Waals surface area contributed by atoms with Crippen molar-refractivity contribution < 1.29 is 28.7 Å². The number of carbonyl (C=O) groups excluding carboxylic acids is 5. The van der Waals surface area contributed by atoms with E-state index in [2.05, 4.69) is 5.32 Å². The number of nitrogens with one attached hydrogen (secondary N) is 1. The molecule has 0 radical (unpaired) electrons. The van der Waals surface area contributed by atoms with Gasteiger partial charge in [-0.3, -0.25) is 24.1 Å². The number of carbonyl (C=O) groups is 5. The van der Waals surface area contributed by atoms with E-state index in [1.165, 1.54) is 0 Å². The van der Waals surface area contributed by atoms with Gasteiger partial charge in [0.05, 0.1) is 11.1 Å². The van der Waals surface area contributed by atoms with Crippen LogP contribution in [0.2, 0.25) is 0 Å². The van der Waals surface area contributed by atoms with Crippen LogP contribution in [0.1, 0.15) is 47.9 Å². The van der Waals surface area contributed by atoms with Gasteiger partial charge in [0.1, 0.15) is 12.1 Å². The molecule has 2 aliphatic heterocycles. The minimum Gasteiger partial charge on any atom is -0.444 e. The van der Waals surface area contributed by atoms with Crippen LogP contribution in [0.5, 0.6) is 0 Å². The van der Waals surface area contributed by atoms with E-state index in [0.29, 0.717) is 37.3 Å². The molecule has 1 aromatic rings. The lowest BCUT2D eigenvalue weighted by atomic mass is 10.1. The van der Waals surface area contributed by atoms with Crippen LogP contribution in [0.15, 0.2) is 24.3 Å². The summed E-state index contributed by atoms with van der Waals surface area (Å²) in [5.41, 5.74) is 0.00532. The number of benzene rings is 1. The third-order valence-electron chi connectivity index (χ3n) is 5.16. The summed E-state index contributed by atoms with van der Waals surface area (Å²) < 4.78 is 5.12. The maximum absolute atomic E-state index is 12.6. The van der Waals surface area contributed by atoms with Crippen molar-refractivity contribution in [1.82, 2.24) is 20.0 Å². The van der Waals surface area contributed by atoms with Gasteiger partial charge in [-0.15, -0.1) is 0 Å². The maximum Gasteiger partial charge on any atom is 0.407 e. The van der Waals surface area contributed by atoms with Crippen LogP contribution in [0.25, 0.3) is 0 Å². The molecule has 0 aromatic heterocycles. The fourth-order valence-electron chi connectivity index (χ4n) is 3.57. The van der Waals surface area contributed by atoms with E-state index < -0.39 is 23.5 Å². The molecular weight excluding hydrogens is 416 g/mol. The number of hydrogen-bond donors (Lipinski definition) is 1. The second kappa shape index (κ2) is 9.37. The molecule has 10 heteroatoms. The quantitative estimate of drug-likeness (QED) is 0.674. The largest absolute Gasteiger partial charge is 0.444 e. The van der Waals surface area contributed by atoms with Crippen LogP contribution >= 0.6 is 0 Å². The van der Waals surface area contributed by atoms with Crippen LogP contribution in [0, 0.1) is 0 Å². The van der Waals surface area contributed by atoms with Crippen molar-refractivity contribution in [2.45, 2.75) is 32.8 Å². The molecule has 2 aliphatic rings. The summed E-state index contributed by atoms with van der Waals surface area (Å²) in [5, 5.41) is 2.55. The van der Waals surface area contributed by atoms with Gasteiger partial charge in [-0.05, 0) is 32.9 Å². The molecule has 0 atom stereocenters. The molecule has 1 N–H and O–H groups in total. The molecule has 0 bridgehead atoms. The molecule has 5 amide bonds. The highest BCUT2D eigenvalue weighted by Crippen LogP contribution is 2.22. The number of imide groups is 1. The first-order valence-electron chi connectivity index (χ1n) is 10.5. The van der Waals surface area contributed by atoms with Crippen LogP contribution in [0.4, 0.5) is 4.79 Å². The predicted octanol–water partition coefficient (Wildman–Crippen LogP) is 0.868. The third-order valence-corrected chi connectivity index (χ3v) is 5.16. The minimum absolute atomic E-state index is 0.127. The molecule has 0 spiro atoms. The highest BCUT2D eigenvalue weighted by atomic mass is 16.6. The Labute approximate surface area is 186 Å². The van der Waals surface area contributed by atoms with Gasteiger partial charge in [0.15, 0.2) is 0 Å². The molecule has 32 heavy (non-hydrogen) atoms. The Bertz CT molecular complexity index is 896. The monoisotopic (exact) mass is 444 g/mol. The summed E-state index contributed by atoms with van der Waals surface area (Å²) in [7, 11) is 0. The second-order valence-electron chi connectivity index (χ2n) is 8.68. The van der Waals surface area contributed by atoms with Crippen LogP contribution in [-0.2, 0) is 14.3 Å². The molecular formula is C22H28N4O6. The Morgan fingerprint density at radius 2 is 1.41 bits per heavy atom. The Kier molecular flexibility index (Phi) is 6.81. The fraction of sp³-hybridized carbons (Fsp3) is 0.500. The first-order chi connectivity index (χ1) is 15.1. The molecule has 0 saturated carbocycles. The molecule has 1 saturated heterocycles. The standard InChI is InChI=1S/C22H28N4O6/c1-22(2,3)32-21(31)23-9-8-17(27)24-10-12-25(13-11-24)18(28)14-26-19(29)15-6-4-5-7-16(15)20(26)30/h4-7H,8-14H2,1-3H3,(H,23,31). The number of hydrogen-bond acceptors (Lipinski definition) is 6. The van der Waals surface area contributed by atoms with Crippen molar-refractivity contribution >= 4 is 29.7 Å². The highest BCUT2D eigenvalue weighted by molar-refractivity contribution is 6.22. The smallest absolute Gasteiger partial charge is 0.407 e. The van der Waals surface area contributed by atoms with Crippen molar-refractivity contribution in [1.29, 1.82) is 0 Å². The lowest BCUT2D eigenvalue weighted by Gasteiger charge is -2.35. The van der Waals surface area contributed by atoms with E-state index in [0.717, 1.165) is 4.90 Å². The average molecular weight is 444 g/mol. The van der Waals surface area contributed by atoms with E-state index in [-0.39, 0.29) is 31.3 Å². The van der Waals surface area contributed by atoms with E-state index in [4.69, 9.17) is 4.74 Å². The van der Waals surface area contributed by atoms with E-state index in [1.807, 2.05) is 0 Å². The van der Waals surface area contributed by atoms with Crippen molar-refractivity contribution in [2.24, 2.45) is 0 Å². The highest BCUT2D eigenvalue weighted by Gasteiger charge is 2.37. The van der Waals surface area contributed by atoms with E-state index in [9.17, 15) is 24.0 Å². The number of rotatable bonds is 5. The zero-order valence-corrected chi connectivity index (χ0v) is 18.6. The van der Waals surface area contributed by atoms with Gasteiger partial charge in [-0.25, -0.2) is 4.79 Å². The maximum atomic E-state index is 12.6. The third kappa shape index (κ3) is 5.43. The molecule has 1 aromatic carbocycles. The van der Waals surface area contributed by atoms with Crippen molar-refractivity contribution in [3.63, 3.8) is 0 Å². The lowest BCUT2D eigenvalue weighted by Crippen LogP contribution is -2.53. The van der Waals surface area contributed by atoms with Gasteiger partial charge >= 0.3 is 6.09 Å². The number of fused-ring (bicyclic) bond motifs is 1. The number of piperazine rings is 1. The zero-order chi connectivity index (χ0) is 23.5. The summed E-state index contributed by atoms with van der Waals surface area (Å²) >= 11 is 0. The van der Waals surface area contributed by atoms with E-state index >= 15 is 0 Å². The fourth-order valence-corrected chi connectivity index (χ4v) is 3.57. The molecule has 3 rings (SSSR count). The van der Waals surface area contributed by atoms with Crippen LogP contribution in [0.3, 0.4) is 0 Å². The Balaban J connectivity index is 1.42. The molecule has 0 unspecified atom stereocenters. The molecule has 172 valence electrons. The predicted molar refractivity (Wildman–Crippen MR) is 114 cm³/mol. The van der Waals surface area contributed by atoms with Gasteiger partial charge in [0.2, 0.25) is 11.8 Å². The first-order valence-corrected chi connectivity index (χ1v) is 10.5. The van der Waals surface area contributed by atoms with Crippen LogP contribution in [-0.4, -0.2) is 89.3 Å². The summed E-state index contributed by atoms with van der Waals surface area (Å²) in [6, 6.07) is 6.49. The molecule has 10 nitrogen and oxygen atoms in total. The zero-order valence-electron chi connectivity index (χ0n) is 18.6. The summed E-state index contributed by atoms with van der Waals surface area (Å²) in [5.74, 6) is -1.40. The minimum atomic E-state index is -0.607. The number of amides is 5. The summed E-state index contributed by atoms with van der Waals surface area (Å²) in [6.07, 6.45) is -0.448. The van der Waals surface area contributed by atoms with Gasteiger partial charge in [0.25, 0.3) is 11.8 Å². The Morgan fingerprint density at radius 3 is 1.91 bits per heavy atom. The molecule has 2 heterocycles. The van der Waals surface area contributed by atoms with Crippen molar-refractivity contribution in [2.75, 3.05) is 39.3 Å². The van der Waals surface area contributed by atoms with Gasteiger partial charge in [0, 0.05) is 39.1 Å². The Morgan fingerprint density at radius 1 is 0.906 bits per heavy atom. The van der Waals surface area contributed by atoms with E-state index in [1.54, 1.807) is 54.8 Å².